The van der Waals surface area contributed by atoms with Gasteiger partial charge in [-0.3, -0.25) is 0 Å². The highest BCUT2D eigenvalue weighted by molar-refractivity contribution is 7.89. The maximum absolute atomic E-state index is 12.7. The lowest BCUT2D eigenvalue weighted by Crippen LogP contribution is -2.49. The fourth-order valence-corrected chi connectivity index (χ4v) is 4.54. The van der Waals surface area contributed by atoms with Crippen molar-refractivity contribution in [1.29, 1.82) is 0 Å². The number of benzene rings is 1. The molecule has 2 aliphatic rings. The number of sulfonamides is 1. The number of rotatable bonds is 6. The molecule has 2 aliphatic heterocycles. The third-order valence-corrected chi connectivity index (χ3v) is 6.59. The first-order chi connectivity index (χ1) is 12.1. The molecule has 0 radical (unpaired) electrons. The molecule has 0 aliphatic carbocycles. The monoisotopic (exact) mass is 370 g/mol. The molecule has 8 heteroatoms. The summed E-state index contributed by atoms with van der Waals surface area (Å²) in [6.07, 6.45) is 1.08. The topological polar surface area (TPSA) is 68.3 Å². The number of piperazine rings is 1. The Kier molecular flexibility index (Phi) is 6.29. The van der Waals surface area contributed by atoms with Crippen LogP contribution in [0.3, 0.4) is 0 Å². The molecular weight excluding hydrogens is 344 g/mol. The van der Waals surface area contributed by atoms with E-state index >= 15 is 0 Å². The lowest BCUT2D eigenvalue weighted by atomic mass is 10.2. The molecule has 0 amide bonds. The van der Waals surface area contributed by atoms with E-state index in [-0.39, 0.29) is 6.10 Å². The van der Waals surface area contributed by atoms with Crippen LogP contribution in [0, 0.1) is 0 Å². The average Bonchev–Trinajstić information content (AvgIpc) is 2.67. The van der Waals surface area contributed by atoms with Gasteiger partial charge in [0.2, 0.25) is 10.0 Å². The zero-order valence-electron chi connectivity index (χ0n) is 14.6. The van der Waals surface area contributed by atoms with E-state index in [1.165, 1.54) is 0 Å². The fraction of sp³-hybridized carbons (Fsp3) is 0.647. The van der Waals surface area contributed by atoms with E-state index in [1.807, 2.05) is 0 Å². The molecule has 1 aromatic carbocycles. The minimum atomic E-state index is -3.44. The van der Waals surface area contributed by atoms with Crippen LogP contribution < -0.4 is 4.74 Å². The molecule has 1 aromatic rings. The van der Waals surface area contributed by atoms with Crippen molar-refractivity contribution in [2.24, 2.45) is 0 Å². The van der Waals surface area contributed by atoms with E-state index in [1.54, 1.807) is 35.7 Å². The highest BCUT2D eigenvalue weighted by Gasteiger charge is 2.28. The van der Waals surface area contributed by atoms with Crippen LogP contribution >= 0.6 is 0 Å². The van der Waals surface area contributed by atoms with Crippen LogP contribution in [0.25, 0.3) is 0 Å². The summed E-state index contributed by atoms with van der Waals surface area (Å²) in [4.78, 5) is 2.60. The summed E-state index contributed by atoms with van der Waals surface area (Å²) in [6.45, 7) is 5.41. The van der Waals surface area contributed by atoms with Gasteiger partial charge in [-0.15, -0.1) is 0 Å². The summed E-state index contributed by atoms with van der Waals surface area (Å²) < 4.78 is 43.2. The standard InChI is InChI=1S/C17H26N2O5S/c1-22-15-2-4-17(5-3-15)25(20,21)19-10-8-18(9-11-19)7-6-16-14-23-12-13-24-16/h2-5,16H,6-14H2,1H3. The summed E-state index contributed by atoms with van der Waals surface area (Å²) in [6, 6.07) is 6.55. The highest BCUT2D eigenvalue weighted by atomic mass is 32.2. The second-order valence-electron chi connectivity index (χ2n) is 6.28. The van der Waals surface area contributed by atoms with Gasteiger partial charge in [-0.1, -0.05) is 0 Å². The van der Waals surface area contributed by atoms with Crippen LogP contribution in [0.15, 0.2) is 29.2 Å². The molecule has 0 aromatic heterocycles. The Bertz CT molecular complexity index is 636. The van der Waals surface area contributed by atoms with Gasteiger partial charge in [0.25, 0.3) is 0 Å². The van der Waals surface area contributed by atoms with Gasteiger partial charge in [-0.25, -0.2) is 8.42 Å². The number of ether oxygens (including phenoxy) is 3. The van der Waals surface area contributed by atoms with Crippen LogP contribution in [0.1, 0.15) is 6.42 Å². The van der Waals surface area contributed by atoms with E-state index < -0.39 is 10.0 Å². The van der Waals surface area contributed by atoms with Crippen LogP contribution in [0.4, 0.5) is 0 Å². The summed E-state index contributed by atoms with van der Waals surface area (Å²) in [7, 11) is -1.88. The van der Waals surface area contributed by atoms with E-state index in [4.69, 9.17) is 14.2 Å². The van der Waals surface area contributed by atoms with E-state index in [9.17, 15) is 8.42 Å². The molecule has 25 heavy (non-hydrogen) atoms. The average molecular weight is 370 g/mol. The Balaban J connectivity index is 1.50. The second kappa shape index (κ2) is 8.46. The normalized spacial score (nSPS) is 23.5. The Hall–Kier alpha value is -1.19. The Morgan fingerprint density at radius 1 is 1.12 bits per heavy atom. The molecule has 2 saturated heterocycles. The highest BCUT2D eigenvalue weighted by Crippen LogP contribution is 2.21. The van der Waals surface area contributed by atoms with Crippen LogP contribution in [-0.2, 0) is 19.5 Å². The van der Waals surface area contributed by atoms with E-state index in [0.29, 0.717) is 43.6 Å². The van der Waals surface area contributed by atoms with Gasteiger partial charge in [-0.05, 0) is 30.7 Å². The summed E-state index contributed by atoms with van der Waals surface area (Å²) >= 11 is 0. The van der Waals surface area contributed by atoms with E-state index in [0.717, 1.165) is 26.1 Å². The molecule has 0 bridgehead atoms. The predicted octanol–water partition coefficient (Wildman–Crippen LogP) is 0.807. The Labute approximate surface area is 149 Å². The van der Waals surface area contributed by atoms with Crippen molar-refractivity contribution in [1.82, 2.24) is 9.21 Å². The van der Waals surface area contributed by atoms with Gasteiger partial charge in [0.05, 0.1) is 37.9 Å². The third-order valence-electron chi connectivity index (χ3n) is 4.68. The van der Waals surface area contributed by atoms with Crippen molar-refractivity contribution < 1.29 is 22.6 Å². The quantitative estimate of drug-likeness (QED) is 0.738. The molecule has 1 atom stereocenters. The lowest BCUT2D eigenvalue weighted by molar-refractivity contribution is -0.0930. The molecule has 1 unspecified atom stereocenters. The Morgan fingerprint density at radius 2 is 1.84 bits per heavy atom. The van der Waals surface area contributed by atoms with Crippen LogP contribution in [-0.4, -0.2) is 83.4 Å². The first-order valence-corrected chi connectivity index (χ1v) is 10.1. The summed E-state index contributed by atoms with van der Waals surface area (Å²) in [5.41, 5.74) is 0. The van der Waals surface area contributed by atoms with Crippen molar-refractivity contribution in [2.45, 2.75) is 17.4 Å². The molecule has 7 nitrogen and oxygen atoms in total. The number of hydrogen-bond acceptors (Lipinski definition) is 6. The predicted molar refractivity (Wildman–Crippen MR) is 93.4 cm³/mol. The van der Waals surface area contributed by atoms with Crippen LogP contribution in [0.5, 0.6) is 5.75 Å². The minimum absolute atomic E-state index is 0.162. The maximum atomic E-state index is 12.7. The van der Waals surface area contributed by atoms with Gasteiger partial charge < -0.3 is 19.1 Å². The van der Waals surface area contributed by atoms with Gasteiger partial charge in [0, 0.05) is 32.7 Å². The lowest BCUT2D eigenvalue weighted by Gasteiger charge is -2.35. The van der Waals surface area contributed by atoms with Crippen molar-refractivity contribution in [3.8, 4) is 5.75 Å². The molecule has 2 fully saturated rings. The number of methoxy groups -OCH3 is 1. The second-order valence-corrected chi connectivity index (χ2v) is 8.22. The molecule has 2 heterocycles. The molecule has 0 N–H and O–H groups in total. The van der Waals surface area contributed by atoms with Crippen molar-refractivity contribution in [3.05, 3.63) is 24.3 Å². The number of nitrogens with zero attached hydrogens (tertiary/aromatic N) is 2. The molecule has 0 saturated carbocycles. The summed E-state index contributed by atoms with van der Waals surface area (Å²) in [5.74, 6) is 0.651. The minimum Gasteiger partial charge on any atom is -0.497 e. The zero-order chi connectivity index (χ0) is 17.7. The Morgan fingerprint density at radius 3 is 2.44 bits per heavy atom. The fourth-order valence-electron chi connectivity index (χ4n) is 3.12. The van der Waals surface area contributed by atoms with Gasteiger partial charge in [0.15, 0.2) is 0 Å². The van der Waals surface area contributed by atoms with Crippen molar-refractivity contribution in [2.75, 3.05) is 59.7 Å². The number of hydrogen-bond donors (Lipinski definition) is 0. The van der Waals surface area contributed by atoms with Crippen molar-refractivity contribution >= 4 is 10.0 Å². The van der Waals surface area contributed by atoms with Crippen LogP contribution in [0.2, 0.25) is 0 Å². The van der Waals surface area contributed by atoms with Gasteiger partial charge in [-0.2, -0.15) is 4.31 Å². The largest absolute Gasteiger partial charge is 0.497 e. The SMILES string of the molecule is COc1ccc(S(=O)(=O)N2CCN(CCC3COCCO3)CC2)cc1. The first-order valence-electron chi connectivity index (χ1n) is 8.65. The smallest absolute Gasteiger partial charge is 0.243 e. The molecule has 0 spiro atoms. The zero-order valence-corrected chi connectivity index (χ0v) is 15.4. The summed E-state index contributed by atoms with van der Waals surface area (Å²) in [5, 5.41) is 0. The molecule has 3 rings (SSSR count). The molecular formula is C17H26N2O5S. The van der Waals surface area contributed by atoms with E-state index in [2.05, 4.69) is 4.90 Å². The van der Waals surface area contributed by atoms with Gasteiger partial charge in [0.1, 0.15) is 5.75 Å². The maximum Gasteiger partial charge on any atom is 0.243 e. The van der Waals surface area contributed by atoms with Gasteiger partial charge >= 0.3 is 0 Å². The third kappa shape index (κ3) is 4.71. The van der Waals surface area contributed by atoms with Crippen molar-refractivity contribution in [3.63, 3.8) is 0 Å². The first kappa shape index (κ1) is 18.6. The molecule has 140 valence electrons.